The number of anilines is 1. The van der Waals surface area contributed by atoms with Crippen molar-refractivity contribution in [2.75, 3.05) is 39.8 Å². The van der Waals surface area contributed by atoms with E-state index in [1.807, 2.05) is 0 Å². The average molecular weight is 380 g/mol. The SMILES string of the molecule is COCCNC(=O)C(=O)N/N=C(\C)CC(=O)Nc1cc(OC)ccc1OC. The number of ether oxygens (including phenoxy) is 3. The van der Waals surface area contributed by atoms with E-state index in [4.69, 9.17) is 14.2 Å². The molecule has 27 heavy (non-hydrogen) atoms. The summed E-state index contributed by atoms with van der Waals surface area (Å²) in [4.78, 5) is 35.2. The summed E-state index contributed by atoms with van der Waals surface area (Å²) in [5, 5.41) is 8.77. The Labute approximate surface area is 157 Å². The molecule has 0 aliphatic heterocycles. The van der Waals surface area contributed by atoms with Crippen LogP contribution in [0.5, 0.6) is 11.5 Å². The van der Waals surface area contributed by atoms with Crippen LogP contribution in [0.25, 0.3) is 0 Å². The molecular formula is C17H24N4O6. The van der Waals surface area contributed by atoms with Crippen molar-refractivity contribution in [2.45, 2.75) is 13.3 Å². The zero-order chi connectivity index (χ0) is 20.2. The van der Waals surface area contributed by atoms with Gasteiger partial charge in [-0.15, -0.1) is 0 Å². The highest BCUT2D eigenvalue weighted by atomic mass is 16.5. The number of hydrazone groups is 1. The second kappa shape index (κ2) is 11.5. The molecule has 0 spiro atoms. The first-order valence-electron chi connectivity index (χ1n) is 8.03. The van der Waals surface area contributed by atoms with Crippen molar-refractivity contribution in [3.05, 3.63) is 18.2 Å². The van der Waals surface area contributed by atoms with Crippen LogP contribution in [0.2, 0.25) is 0 Å². The fourth-order valence-electron chi connectivity index (χ4n) is 1.92. The number of hydrogen-bond donors (Lipinski definition) is 3. The standard InChI is InChI=1S/C17H24N4O6/c1-11(20-21-17(24)16(23)18-7-8-25-2)9-15(22)19-13-10-12(26-3)5-6-14(13)27-4/h5-6,10H,7-9H2,1-4H3,(H,18,23)(H,19,22)(H,21,24)/b20-11+. The van der Waals surface area contributed by atoms with Gasteiger partial charge in [0.25, 0.3) is 0 Å². The topological polar surface area (TPSA) is 127 Å². The fourth-order valence-corrected chi connectivity index (χ4v) is 1.92. The molecule has 10 heteroatoms. The average Bonchev–Trinajstić information content (AvgIpc) is 2.65. The molecule has 10 nitrogen and oxygen atoms in total. The van der Waals surface area contributed by atoms with Gasteiger partial charge in [0.2, 0.25) is 5.91 Å². The van der Waals surface area contributed by atoms with Gasteiger partial charge in [0.1, 0.15) is 11.5 Å². The van der Waals surface area contributed by atoms with Crippen LogP contribution in [0, 0.1) is 0 Å². The minimum absolute atomic E-state index is 0.0913. The third-order valence-corrected chi connectivity index (χ3v) is 3.24. The number of carbonyl (C=O) groups excluding carboxylic acids is 3. The molecule has 0 radical (unpaired) electrons. The lowest BCUT2D eigenvalue weighted by Gasteiger charge is -2.11. The number of methoxy groups -OCH3 is 3. The Kier molecular flexibility index (Phi) is 9.30. The van der Waals surface area contributed by atoms with Gasteiger partial charge in [-0.2, -0.15) is 5.10 Å². The maximum absolute atomic E-state index is 12.1. The third kappa shape index (κ3) is 7.74. The van der Waals surface area contributed by atoms with Crippen molar-refractivity contribution in [1.29, 1.82) is 0 Å². The van der Waals surface area contributed by atoms with Gasteiger partial charge in [-0.3, -0.25) is 14.4 Å². The molecule has 0 atom stereocenters. The number of benzene rings is 1. The van der Waals surface area contributed by atoms with E-state index in [0.717, 1.165) is 0 Å². The van der Waals surface area contributed by atoms with E-state index in [1.165, 1.54) is 21.3 Å². The van der Waals surface area contributed by atoms with Gasteiger partial charge in [-0.25, -0.2) is 5.43 Å². The Morgan fingerprint density at radius 3 is 2.44 bits per heavy atom. The zero-order valence-electron chi connectivity index (χ0n) is 15.8. The van der Waals surface area contributed by atoms with Crippen molar-refractivity contribution >= 4 is 29.1 Å². The number of amides is 3. The molecule has 1 aromatic carbocycles. The molecule has 1 aromatic rings. The molecule has 1 rings (SSSR count). The van der Waals surface area contributed by atoms with Crippen molar-refractivity contribution < 1.29 is 28.6 Å². The molecule has 3 amide bonds. The first kappa shape index (κ1) is 21.9. The third-order valence-electron chi connectivity index (χ3n) is 3.24. The molecule has 0 saturated heterocycles. The summed E-state index contributed by atoms with van der Waals surface area (Å²) in [5.74, 6) is -1.11. The molecule has 3 N–H and O–H groups in total. The minimum Gasteiger partial charge on any atom is -0.497 e. The zero-order valence-corrected chi connectivity index (χ0v) is 15.8. The first-order chi connectivity index (χ1) is 12.9. The van der Waals surface area contributed by atoms with E-state index >= 15 is 0 Å². The van der Waals surface area contributed by atoms with Crippen LogP contribution in [0.4, 0.5) is 5.69 Å². The summed E-state index contributed by atoms with van der Waals surface area (Å²) in [5.41, 5.74) is 2.84. The Hall–Kier alpha value is -3.14. The van der Waals surface area contributed by atoms with Crippen LogP contribution in [-0.2, 0) is 19.1 Å². The largest absolute Gasteiger partial charge is 0.497 e. The Bertz CT molecular complexity index is 705. The summed E-state index contributed by atoms with van der Waals surface area (Å²) in [7, 11) is 4.47. The Morgan fingerprint density at radius 2 is 1.81 bits per heavy atom. The van der Waals surface area contributed by atoms with E-state index in [0.29, 0.717) is 22.9 Å². The van der Waals surface area contributed by atoms with Crippen LogP contribution < -0.4 is 25.5 Å². The highest BCUT2D eigenvalue weighted by molar-refractivity contribution is 6.35. The van der Waals surface area contributed by atoms with Gasteiger partial charge in [0, 0.05) is 25.4 Å². The summed E-state index contributed by atoms with van der Waals surface area (Å²) < 4.78 is 15.1. The molecule has 148 valence electrons. The second-order valence-corrected chi connectivity index (χ2v) is 5.33. The predicted molar refractivity (Wildman–Crippen MR) is 98.9 cm³/mol. The molecule has 0 aliphatic rings. The van der Waals surface area contributed by atoms with Crippen molar-refractivity contribution in [3.8, 4) is 11.5 Å². The van der Waals surface area contributed by atoms with Crippen LogP contribution in [-0.4, -0.2) is 57.9 Å². The summed E-state index contributed by atoms with van der Waals surface area (Å²) in [6, 6.07) is 4.99. The second-order valence-electron chi connectivity index (χ2n) is 5.33. The Morgan fingerprint density at radius 1 is 1.07 bits per heavy atom. The van der Waals surface area contributed by atoms with E-state index in [-0.39, 0.29) is 25.5 Å². The number of nitrogens with zero attached hydrogens (tertiary/aromatic N) is 1. The smallest absolute Gasteiger partial charge is 0.329 e. The molecule has 0 unspecified atom stereocenters. The maximum Gasteiger partial charge on any atom is 0.329 e. The predicted octanol–water partition coefficient (Wildman–Crippen LogP) is 0.287. The molecule has 0 bridgehead atoms. The number of nitrogens with one attached hydrogen (secondary N) is 3. The Balaban J connectivity index is 2.57. The lowest BCUT2D eigenvalue weighted by Crippen LogP contribution is -2.39. The molecular weight excluding hydrogens is 356 g/mol. The van der Waals surface area contributed by atoms with Crippen LogP contribution >= 0.6 is 0 Å². The highest BCUT2D eigenvalue weighted by Gasteiger charge is 2.13. The van der Waals surface area contributed by atoms with E-state index in [2.05, 4.69) is 21.2 Å². The normalized spacial score (nSPS) is 10.7. The highest BCUT2D eigenvalue weighted by Crippen LogP contribution is 2.28. The fraction of sp³-hybridized carbons (Fsp3) is 0.412. The van der Waals surface area contributed by atoms with Crippen molar-refractivity contribution in [1.82, 2.24) is 10.7 Å². The lowest BCUT2D eigenvalue weighted by molar-refractivity contribution is -0.139. The van der Waals surface area contributed by atoms with Gasteiger partial charge in [0.15, 0.2) is 0 Å². The molecule has 0 saturated carbocycles. The lowest BCUT2D eigenvalue weighted by atomic mass is 10.2. The van der Waals surface area contributed by atoms with Crippen LogP contribution in [0.15, 0.2) is 23.3 Å². The monoisotopic (exact) mass is 380 g/mol. The van der Waals surface area contributed by atoms with E-state index < -0.39 is 11.8 Å². The minimum atomic E-state index is -0.930. The van der Waals surface area contributed by atoms with Crippen LogP contribution in [0.1, 0.15) is 13.3 Å². The summed E-state index contributed by atoms with van der Waals surface area (Å²) >= 11 is 0. The van der Waals surface area contributed by atoms with Crippen molar-refractivity contribution in [2.24, 2.45) is 5.10 Å². The van der Waals surface area contributed by atoms with Gasteiger partial charge in [-0.05, 0) is 19.1 Å². The quantitative estimate of drug-likeness (QED) is 0.244. The summed E-state index contributed by atoms with van der Waals surface area (Å²) in [6.07, 6.45) is -0.0913. The van der Waals surface area contributed by atoms with E-state index in [1.54, 1.807) is 25.1 Å². The number of hydrogen-bond acceptors (Lipinski definition) is 7. The molecule has 0 fully saturated rings. The molecule has 0 aliphatic carbocycles. The van der Waals surface area contributed by atoms with Gasteiger partial charge in [0.05, 0.1) is 32.9 Å². The van der Waals surface area contributed by atoms with Gasteiger partial charge < -0.3 is 24.8 Å². The summed E-state index contributed by atoms with van der Waals surface area (Å²) in [6.45, 7) is 2.04. The van der Waals surface area contributed by atoms with E-state index in [9.17, 15) is 14.4 Å². The molecule has 0 heterocycles. The molecule has 0 aromatic heterocycles. The first-order valence-corrected chi connectivity index (χ1v) is 8.03. The number of carbonyl (C=O) groups is 3. The number of rotatable bonds is 9. The van der Waals surface area contributed by atoms with Crippen molar-refractivity contribution in [3.63, 3.8) is 0 Å². The van der Waals surface area contributed by atoms with Gasteiger partial charge >= 0.3 is 11.8 Å². The van der Waals surface area contributed by atoms with Crippen LogP contribution in [0.3, 0.4) is 0 Å². The maximum atomic E-state index is 12.1. The van der Waals surface area contributed by atoms with Gasteiger partial charge in [-0.1, -0.05) is 0 Å².